The predicted octanol–water partition coefficient (Wildman–Crippen LogP) is 1.84. The van der Waals surface area contributed by atoms with Crippen molar-refractivity contribution in [1.82, 2.24) is 10.6 Å². The van der Waals surface area contributed by atoms with Crippen LogP contribution in [0, 0.1) is 0 Å². The number of hydrogen-bond acceptors (Lipinski definition) is 3. The van der Waals surface area contributed by atoms with E-state index in [1.807, 2.05) is 24.3 Å². The molecule has 2 N–H and O–H groups in total. The average molecular weight is 262 g/mol. The number of rotatable bonds is 6. The van der Waals surface area contributed by atoms with Gasteiger partial charge in [0.1, 0.15) is 5.75 Å². The number of nitrogens with one attached hydrogen (secondary N) is 2. The lowest BCUT2D eigenvalue weighted by Crippen LogP contribution is -2.27. The van der Waals surface area contributed by atoms with Crippen molar-refractivity contribution >= 4 is 5.91 Å². The molecule has 1 atom stereocenters. The fourth-order valence-corrected chi connectivity index (χ4v) is 2.38. The lowest BCUT2D eigenvalue weighted by molar-refractivity contribution is -0.121. The molecule has 1 unspecified atom stereocenters. The molecule has 1 heterocycles. The van der Waals surface area contributed by atoms with Crippen molar-refractivity contribution in [2.75, 3.05) is 13.7 Å². The van der Waals surface area contributed by atoms with Gasteiger partial charge < -0.3 is 15.4 Å². The first-order valence-corrected chi connectivity index (χ1v) is 6.91. The highest BCUT2D eigenvalue weighted by Gasteiger charge is 2.14. The number of amides is 1. The first kappa shape index (κ1) is 13.9. The molecule has 2 rings (SSSR count). The summed E-state index contributed by atoms with van der Waals surface area (Å²) in [6.45, 7) is 1.66. The Kier molecular flexibility index (Phi) is 5.21. The third-order valence-corrected chi connectivity index (χ3v) is 3.51. The van der Waals surface area contributed by atoms with Gasteiger partial charge in [0, 0.05) is 19.0 Å². The zero-order valence-electron chi connectivity index (χ0n) is 11.4. The number of benzene rings is 1. The van der Waals surface area contributed by atoms with Crippen LogP contribution in [0.4, 0.5) is 0 Å². The summed E-state index contributed by atoms with van der Waals surface area (Å²) in [5.74, 6) is 0.943. The maximum absolute atomic E-state index is 11.8. The number of carbonyl (C=O) groups is 1. The summed E-state index contributed by atoms with van der Waals surface area (Å²) in [4.78, 5) is 11.8. The highest BCUT2D eigenvalue weighted by molar-refractivity contribution is 5.75. The van der Waals surface area contributed by atoms with Gasteiger partial charge in [-0.15, -0.1) is 0 Å². The van der Waals surface area contributed by atoms with Crippen molar-refractivity contribution in [1.29, 1.82) is 0 Å². The van der Waals surface area contributed by atoms with Gasteiger partial charge in [0.15, 0.2) is 0 Å². The molecule has 1 saturated heterocycles. The van der Waals surface area contributed by atoms with Gasteiger partial charge in [0.05, 0.1) is 7.11 Å². The molecule has 19 heavy (non-hydrogen) atoms. The lowest BCUT2D eigenvalue weighted by Gasteiger charge is -2.10. The summed E-state index contributed by atoms with van der Waals surface area (Å²) in [7, 11) is 1.65. The van der Waals surface area contributed by atoms with E-state index >= 15 is 0 Å². The van der Waals surface area contributed by atoms with Crippen molar-refractivity contribution < 1.29 is 9.53 Å². The molecule has 0 aromatic heterocycles. The molecule has 0 saturated carbocycles. The van der Waals surface area contributed by atoms with Crippen molar-refractivity contribution in [2.45, 2.75) is 38.3 Å². The molecular formula is C15H22N2O2. The Hall–Kier alpha value is -1.55. The number of methoxy groups -OCH3 is 1. The molecular weight excluding hydrogens is 240 g/mol. The Balaban J connectivity index is 1.70. The molecule has 0 spiro atoms. The fraction of sp³-hybridized carbons (Fsp3) is 0.533. The van der Waals surface area contributed by atoms with Gasteiger partial charge in [-0.25, -0.2) is 0 Å². The Morgan fingerprint density at radius 3 is 3.16 bits per heavy atom. The molecule has 1 amide bonds. The maximum atomic E-state index is 11.8. The zero-order chi connectivity index (χ0) is 13.5. The molecule has 1 aliphatic heterocycles. The highest BCUT2D eigenvalue weighted by atomic mass is 16.5. The topological polar surface area (TPSA) is 50.4 Å². The van der Waals surface area contributed by atoms with Gasteiger partial charge in [-0.1, -0.05) is 12.1 Å². The van der Waals surface area contributed by atoms with Crippen LogP contribution >= 0.6 is 0 Å². The van der Waals surface area contributed by atoms with Crippen LogP contribution < -0.4 is 15.4 Å². The van der Waals surface area contributed by atoms with E-state index in [1.54, 1.807) is 7.11 Å². The quantitative estimate of drug-likeness (QED) is 0.822. The van der Waals surface area contributed by atoms with Crippen molar-refractivity contribution in [3.8, 4) is 5.75 Å². The lowest BCUT2D eigenvalue weighted by atomic mass is 10.1. The summed E-state index contributed by atoms with van der Waals surface area (Å²) in [5.41, 5.74) is 1.06. The SMILES string of the molecule is COc1cccc(CNC(=O)CCC2CCCN2)c1. The molecule has 4 heteroatoms. The van der Waals surface area contributed by atoms with E-state index in [9.17, 15) is 4.79 Å². The molecule has 0 radical (unpaired) electrons. The van der Waals surface area contributed by atoms with Crippen LogP contribution in [0.25, 0.3) is 0 Å². The zero-order valence-corrected chi connectivity index (χ0v) is 11.4. The first-order valence-electron chi connectivity index (χ1n) is 6.91. The van der Waals surface area contributed by atoms with Crippen LogP contribution in [0.2, 0.25) is 0 Å². The van der Waals surface area contributed by atoms with Crippen LogP contribution in [-0.2, 0) is 11.3 Å². The molecule has 0 bridgehead atoms. The van der Waals surface area contributed by atoms with Gasteiger partial charge in [-0.2, -0.15) is 0 Å². The third kappa shape index (κ3) is 4.56. The van der Waals surface area contributed by atoms with Crippen molar-refractivity contribution in [2.24, 2.45) is 0 Å². The summed E-state index contributed by atoms with van der Waals surface area (Å²) < 4.78 is 5.16. The first-order chi connectivity index (χ1) is 9.28. The standard InChI is InChI=1S/C15H22N2O2/c1-19-14-6-2-4-12(10-14)11-17-15(18)8-7-13-5-3-9-16-13/h2,4,6,10,13,16H,3,5,7-9,11H2,1H3,(H,17,18). The van der Waals surface area contributed by atoms with Crippen LogP contribution in [0.15, 0.2) is 24.3 Å². The Morgan fingerprint density at radius 2 is 2.42 bits per heavy atom. The van der Waals surface area contributed by atoms with Crippen LogP contribution in [0.5, 0.6) is 5.75 Å². The normalized spacial score (nSPS) is 18.3. The average Bonchev–Trinajstić information content (AvgIpc) is 2.96. The van der Waals surface area contributed by atoms with E-state index in [0.717, 1.165) is 24.3 Å². The number of ether oxygens (including phenoxy) is 1. The predicted molar refractivity (Wildman–Crippen MR) is 75.1 cm³/mol. The van der Waals surface area contributed by atoms with Gasteiger partial charge in [0.25, 0.3) is 0 Å². The molecule has 1 aromatic rings. The van der Waals surface area contributed by atoms with Crippen LogP contribution in [-0.4, -0.2) is 25.6 Å². The molecule has 1 aliphatic rings. The van der Waals surface area contributed by atoms with E-state index in [1.165, 1.54) is 12.8 Å². The van der Waals surface area contributed by atoms with E-state index in [4.69, 9.17) is 4.74 Å². The third-order valence-electron chi connectivity index (χ3n) is 3.51. The summed E-state index contributed by atoms with van der Waals surface area (Å²) in [6, 6.07) is 8.29. The van der Waals surface area contributed by atoms with E-state index in [-0.39, 0.29) is 5.91 Å². The van der Waals surface area contributed by atoms with Gasteiger partial charge in [-0.05, 0) is 43.5 Å². The Morgan fingerprint density at radius 1 is 1.53 bits per heavy atom. The van der Waals surface area contributed by atoms with Crippen LogP contribution in [0.1, 0.15) is 31.2 Å². The monoisotopic (exact) mass is 262 g/mol. The minimum absolute atomic E-state index is 0.122. The summed E-state index contributed by atoms with van der Waals surface area (Å²) >= 11 is 0. The van der Waals surface area contributed by atoms with E-state index < -0.39 is 0 Å². The molecule has 104 valence electrons. The minimum Gasteiger partial charge on any atom is -0.497 e. The molecule has 1 fully saturated rings. The second-order valence-corrected chi connectivity index (χ2v) is 4.96. The second kappa shape index (κ2) is 7.14. The fourth-order valence-electron chi connectivity index (χ4n) is 2.38. The maximum Gasteiger partial charge on any atom is 0.220 e. The Bertz CT molecular complexity index is 414. The molecule has 0 aliphatic carbocycles. The van der Waals surface area contributed by atoms with E-state index in [2.05, 4.69) is 10.6 Å². The summed E-state index contributed by atoms with van der Waals surface area (Å²) in [6.07, 6.45) is 3.96. The van der Waals surface area contributed by atoms with Crippen molar-refractivity contribution in [3.63, 3.8) is 0 Å². The minimum atomic E-state index is 0.122. The number of carbonyl (C=O) groups excluding carboxylic acids is 1. The van der Waals surface area contributed by atoms with E-state index in [0.29, 0.717) is 19.0 Å². The largest absolute Gasteiger partial charge is 0.497 e. The Labute approximate surface area is 114 Å². The molecule has 4 nitrogen and oxygen atoms in total. The number of hydrogen-bond donors (Lipinski definition) is 2. The highest BCUT2D eigenvalue weighted by Crippen LogP contribution is 2.13. The van der Waals surface area contributed by atoms with Gasteiger partial charge in [0.2, 0.25) is 5.91 Å². The van der Waals surface area contributed by atoms with Gasteiger partial charge >= 0.3 is 0 Å². The van der Waals surface area contributed by atoms with Crippen molar-refractivity contribution in [3.05, 3.63) is 29.8 Å². The van der Waals surface area contributed by atoms with Gasteiger partial charge in [-0.3, -0.25) is 4.79 Å². The smallest absolute Gasteiger partial charge is 0.220 e. The second-order valence-electron chi connectivity index (χ2n) is 4.96. The summed E-state index contributed by atoms with van der Waals surface area (Å²) in [5, 5.41) is 6.36. The van der Waals surface area contributed by atoms with Crippen LogP contribution in [0.3, 0.4) is 0 Å². The molecule has 1 aromatic carbocycles.